The van der Waals surface area contributed by atoms with Crippen LogP contribution in [0.25, 0.3) is 5.82 Å². The molecule has 3 aromatic heterocycles. The summed E-state index contributed by atoms with van der Waals surface area (Å²) in [5, 5.41) is 3.99. The third kappa shape index (κ3) is 7.05. The first-order chi connectivity index (χ1) is 16.9. The summed E-state index contributed by atoms with van der Waals surface area (Å²) in [6, 6.07) is 8.66. The molecule has 35 heavy (non-hydrogen) atoms. The molecule has 3 heterocycles. The van der Waals surface area contributed by atoms with Crippen molar-refractivity contribution in [2.24, 2.45) is 0 Å². The Kier molecular flexibility index (Phi) is 10.6. The number of hydrogen-bond donors (Lipinski definition) is 0. The Morgan fingerprint density at radius 2 is 1.54 bits per heavy atom. The van der Waals surface area contributed by atoms with Gasteiger partial charge in [-0.1, -0.05) is 0 Å². The van der Waals surface area contributed by atoms with Crippen molar-refractivity contribution in [3.8, 4) is 5.82 Å². The number of anilines is 1. The van der Waals surface area contributed by atoms with E-state index in [4.69, 9.17) is 4.98 Å². The number of halogens is 1. The molecular weight excluding hydrogens is 544 g/mol. The van der Waals surface area contributed by atoms with Crippen LogP contribution in [-0.4, -0.2) is 45.2 Å². The SMILES string of the molecule is CCC[CH2][Sn]([CH2]CCC)([CH2]CCC)[c]1ccc(N(C)C(C)c2ccc(-n3cc(F)cn3)nc2)nc1. The molecule has 190 valence electrons. The average molecular weight is 586 g/mol. The summed E-state index contributed by atoms with van der Waals surface area (Å²) in [6.07, 6.45) is 14.5. The Labute approximate surface area is 215 Å². The minimum absolute atomic E-state index is 0.109. The molecule has 0 amide bonds. The van der Waals surface area contributed by atoms with Crippen LogP contribution in [-0.2, 0) is 0 Å². The van der Waals surface area contributed by atoms with E-state index in [1.165, 1.54) is 68.9 Å². The predicted molar refractivity (Wildman–Crippen MR) is 147 cm³/mol. The number of unbranched alkanes of at least 4 members (excludes halogenated alkanes) is 3. The first-order valence-corrected chi connectivity index (χ1v) is 20.8. The zero-order chi connectivity index (χ0) is 25.3. The van der Waals surface area contributed by atoms with Gasteiger partial charge in [0, 0.05) is 0 Å². The van der Waals surface area contributed by atoms with Crippen molar-refractivity contribution < 1.29 is 4.39 Å². The van der Waals surface area contributed by atoms with E-state index in [0.29, 0.717) is 5.82 Å². The summed E-state index contributed by atoms with van der Waals surface area (Å²) < 4.78 is 20.7. The van der Waals surface area contributed by atoms with E-state index in [9.17, 15) is 4.39 Å². The van der Waals surface area contributed by atoms with Crippen LogP contribution >= 0.6 is 0 Å². The zero-order valence-corrected chi connectivity index (χ0v) is 25.0. The molecule has 1 unspecified atom stereocenters. The summed E-state index contributed by atoms with van der Waals surface area (Å²) >= 11 is -2.46. The maximum atomic E-state index is 13.3. The van der Waals surface area contributed by atoms with Crippen molar-refractivity contribution in [2.45, 2.75) is 85.6 Å². The second-order valence-electron chi connectivity index (χ2n) is 9.84. The van der Waals surface area contributed by atoms with Gasteiger partial charge in [0.15, 0.2) is 5.82 Å². The van der Waals surface area contributed by atoms with Crippen molar-refractivity contribution in [2.75, 3.05) is 11.9 Å². The van der Waals surface area contributed by atoms with E-state index in [1.54, 1.807) is 3.58 Å². The molecule has 7 heteroatoms. The van der Waals surface area contributed by atoms with Gasteiger partial charge in [0.25, 0.3) is 0 Å². The summed E-state index contributed by atoms with van der Waals surface area (Å²) in [7, 11) is 2.09. The van der Waals surface area contributed by atoms with Gasteiger partial charge < -0.3 is 0 Å². The molecule has 0 aliphatic heterocycles. The van der Waals surface area contributed by atoms with Gasteiger partial charge in [-0.05, 0) is 0 Å². The normalized spacial score (nSPS) is 12.6. The Balaban J connectivity index is 1.78. The van der Waals surface area contributed by atoms with Gasteiger partial charge in [0.1, 0.15) is 0 Å². The second kappa shape index (κ2) is 13.4. The number of aromatic nitrogens is 4. The fourth-order valence-electron chi connectivity index (χ4n) is 4.89. The Morgan fingerprint density at radius 1 is 0.886 bits per heavy atom. The van der Waals surface area contributed by atoms with Crippen LogP contribution in [0.3, 0.4) is 0 Å². The molecular formula is C28H42FN5Sn. The maximum absolute atomic E-state index is 13.3. The number of rotatable bonds is 14. The number of nitrogens with zero attached hydrogens (tertiary/aromatic N) is 5. The van der Waals surface area contributed by atoms with Crippen LogP contribution in [0, 0.1) is 5.82 Å². The molecule has 0 aromatic carbocycles. The summed E-state index contributed by atoms with van der Waals surface area (Å²) in [5.41, 5.74) is 1.08. The molecule has 0 aliphatic carbocycles. The molecule has 5 nitrogen and oxygen atoms in total. The molecule has 0 aliphatic rings. The Hall–Kier alpha value is -1.96. The number of pyridine rings is 2. The monoisotopic (exact) mass is 587 g/mol. The first kappa shape index (κ1) is 27.6. The summed E-state index contributed by atoms with van der Waals surface area (Å²) in [4.78, 5) is 11.7. The third-order valence-corrected chi connectivity index (χ3v) is 22.9. The van der Waals surface area contributed by atoms with Crippen molar-refractivity contribution in [1.82, 2.24) is 19.7 Å². The van der Waals surface area contributed by atoms with Crippen molar-refractivity contribution >= 4 is 27.8 Å². The fourth-order valence-corrected chi connectivity index (χ4v) is 20.5. The molecule has 0 radical (unpaired) electrons. The first-order valence-electron chi connectivity index (χ1n) is 13.3. The third-order valence-electron chi connectivity index (χ3n) is 7.37. The Morgan fingerprint density at radius 3 is 2.00 bits per heavy atom. The van der Waals surface area contributed by atoms with Crippen LogP contribution in [0.2, 0.25) is 13.3 Å². The van der Waals surface area contributed by atoms with Gasteiger partial charge in [-0.15, -0.1) is 0 Å². The topological polar surface area (TPSA) is 46.8 Å². The average Bonchev–Trinajstić information content (AvgIpc) is 3.34. The molecule has 0 saturated heterocycles. The molecule has 0 saturated carbocycles. The van der Waals surface area contributed by atoms with E-state index in [-0.39, 0.29) is 11.9 Å². The van der Waals surface area contributed by atoms with Crippen LogP contribution in [0.4, 0.5) is 10.2 Å². The molecule has 3 rings (SSSR count). The molecule has 0 N–H and O–H groups in total. The van der Waals surface area contributed by atoms with Crippen LogP contribution in [0.5, 0.6) is 0 Å². The van der Waals surface area contributed by atoms with Crippen molar-refractivity contribution in [1.29, 1.82) is 0 Å². The molecule has 1 atom stereocenters. The molecule has 0 fully saturated rings. The quantitative estimate of drug-likeness (QED) is 0.190. The standard InChI is InChI=1S/C16H15FN5.3C4H9.Sn/c1-12(21(2)15-5-3-4-8-18-15)13-6-7-16(19-9-13)22-11-14(17)10-20-22;3*1-3-4-2;/h3,5-12H,1-2H3;3*1,3-4H2,2H3;. The summed E-state index contributed by atoms with van der Waals surface area (Å²) in [5.74, 6) is 1.22. The number of hydrogen-bond acceptors (Lipinski definition) is 4. The van der Waals surface area contributed by atoms with Gasteiger partial charge in [-0.3, -0.25) is 0 Å². The van der Waals surface area contributed by atoms with Gasteiger partial charge in [0.05, 0.1) is 6.20 Å². The van der Waals surface area contributed by atoms with E-state index in [2.05, 4.69) is 68.1 Å². The molecule has 0 spiro atoms. The summed E-state index contributed by atoms with van der Waals surface area (Å²) in [6.45, 7) is 9.13. The van der Waals surface area contributed by atoms with Gasteiger partial charge in [0.2, 0.25) is 0 Å². The molecule has 3 aromatic rings. The van der Waals surface area contributed by atoms with Crippen molar-refractivity contribution in [3.63, 3.8) is 0 Å². The second-order valence-corrected chi connectivity index (χ2v) is 23.1. The van der Waals surface area contributed by atoms with Crippen LogP contribution in [0.1, 0.15) is 77.8 Å². The Bertz CT molecular complexity index is 997. The van der Waals surface area contributed by atoms with Crippen LogP contribution < -0.4 is 8.48 Å². The van der Waals surface area contributed by atoms with E-state index in [0.717, 1.165) is 11.4 Å². The van der Waals surface area contributed by atoms with Gasteiger partial charge in [-0.25, -0.2) is 4.39 Å². The zero-order valence-electron chi connectivity index (χ0n) is 22.2. The fraction of sp³-hybridized carbons (Fsp3) is 0.536. The van der Waals surface area contributed by atoms with E-state index < -0.39 is 18.4 Å². The van der Waals surface area contributed by atoms with E-state index >= 15 is 0 Å². The van der Waals surface area contributed by atoms with Crippen LogP contribution in [0.15, 0.2) is 49.1 Å². The minimum atomic E-state index is -2.46. The van der Waals surface area contributed by atoms with Crippen molar-refractivity contribution in [3.05, 3.63) is 60.4 Å². The van der Waals surface area contributed by atoms with Gasteiger partial charge in [-0.2, -0.15) is 0 Å². The molecule has 0 bridgehead atoms. The van der Waals surface area contributed by atoms with Gasteiger partial charge >= 0.3 is 199 Å². The van der Waals surface area contributed by atoms with E-state index in [1.807, 2.05) is 18.3 Å². The predicted octanol–water partition coefficient (Wildman–Crippen LogP) is 7.05.